The normalized spacial score (nSPS) is 13.2. The van der Waals surface area contributed by atoms with Gasteiger partial charge in [-0.25, -0.2) is 14.1 Å². The molecule has 4 nitrogen and oxygen atoms in total. The molecule has 0 bridgehead atoms. The Labute approximate surface area is 114 Å². The Morgan fingerprint density at radius 2 is 1.90 bits per heavy atom. The van der Waals surface area contributed by atoms with Gasteiger partial charge in [-0.2, -0.15) is 18.3 Å². The maximum atomic E-state index is 13.7. The number of halogens is 4. The van der Waals surface area contributed by atoms with Crippen molar-refractivity contribution in [2.24, 2.45) is 0 Å². The lowest BCUT2D eigenvalue weighted by atomic mass is 10.1. The third-order valence-electron chi connectivity index (χ3n) is 2.26. The molecular formula is C11H7F4N3OS. The molecule has 0 radical (unpaired) electrons. The molecule has 0 aliphatic rings. The first kappa shape index (κ1) is 14.5. The van der Waals surface area contributed by atoms with Crippen LogP contribution in [0.4, 0.5) is 17.6 Å². The minimum Gasteiger partial charge on any atom is -0.289 e. The third-order valence-corrected chi connectivity index (χ3v) is 3.00. The fraction of sp³-hybridized carbons (Fsp3) is 0.182. The second-order valence-corrected chi connectivity index (χ2v) is 4.79. The van der Waals surface area contributed by atoms with E-state index in [2.05, 4.69) is 10.1 Å². The summed E-state index contributed by atoms with van der Waals surface area (Å²) in [6, 6.07) is 4.50. The maximum absolute atomic E-state index is 13.7. The zero-order valence-electron chi connectivity index (χ0n) is 9.71. The smallest absolute Gasteiger partial charge is 0.289 e. The number of Topliss-reactive ketones (excluding diaryl/α,β-unsaturated/α-hetero) is 1. The van der Waals surface area contributed by atoms with Gasteiger partial charge in [0.15, 0.2) is 0 Å². The molecule has 0 amide bonds. The maximum Gasteiger partial charge on any atom is 0.446 e. The van der Waals surface area contributed by atoms with E-state index in [-0.39, 0.29) is 22.2 Å². The predicted octanol–water partition coefficient (Wildman–Crippen LogP) is 3.24. The van der Waals surface area contributed by atoms with Crippen LogP contribution in [-0.2, 0) is 0 Å². The molecule has 1 atom stereocenters. The van der Waals surface area contributed by atoms with Crippen molar-refractivity contribution < 1.29 is 22.4 Å². The van der Waals surface area contributed by atoms with Gasteiger partial charge in [0.05, 0.1) is 0 Å². The van der Waals surface area contributed by atoms with Crippen molar-refractivity contribution in [2.75, 3.05) is 0 Å². The molecule has 2 rings (SSSR count). The zero-order valence-corrected chi connectivity index (χ0v) is 10.5. The second kappa shape index (κ2) is 5.61. The Kier molecular flexibility index (Phi) is 4.07. The first-order chi connectivity index (χ1) is 9.37. The van der Waals surface area contributed by atoms with Crippen molar-refractivity contribution in [3.63, 3.8) is 0 Å². The van der Waals surface area contributed by atoms with Crippen molar-refractivity contribution >= 4 is 17.5 Å². The molecule has 0 saturated heterocycles. The molecule has 1 aromatic heterocycles. The van der Waals surface area contributed by atoms with E-state index in [4.69, 9.17) is 0 Å². The van der Waals surface area contributed by atoms with Crippen LogP contribution in [0.1, 0.15) is 16.7 Å². The average Bonchev–Trinajstić information content (AvgIpc) is 2.90. The molecule has 9 heteroatoms. The monoisotopic (exact) mass is 305 g/mol. The van der Waals surface area contributed by atoms with Gasteiger partial charge in [0, 0.05) is 10.5 Å². The van der Waals surface area contributed by atoms with Crippen LogP contribution in [0.2, 0.25) is 0 Å². The summed E-state index contributed by atoms with van der Waals surface area (Å²) in [4.78, 5) is 15.2. The van der Waals surface area contributed by atoms with Crippen LogP contribution in [0, 0.1) is 0 Å². The lowest BCUT2D eigenvalue weighted by molar-refractivity contribution is -0.0328. The van der Waals surface area contributed by atoms with E-state index in [9.17, 15) is 22.4 Å². The summed E-state index contributed by atoms with van der Waals surface area (Å²) in [5, 5.41) is 3.49. The number of hydrogen-bond acceptors (Lipinski definition) is 4. The highest BCUT2D eigenvalue weighted by Crippen LogP contribution is 2.36. The summed E-state index contributed by atoms with van der Waals surface area (Å²) in [6.45, 7) is 0. The molecule has 106 valence electrons. The number of thioether (sulfide) groups is 1. The number of benzene rings is 1. The van der Waals surface area contributed by atoms with Crippen LogP contribution in [0.15, 0.2) is 41.8 Å². The van der Waals surface area contributed by atoms with E-state index in [0.29, 0.717) is 0 Å². The number of alkyl halides is 4. The second-order valence-electron chi connectivity index (χ2n) is 3.65. The van der Waals surface area contributed by atoms with Gasteiger partial charge in [0.1, 0.15) is 12.7 Å². The van der Waals surface area contributed by atoms with Gasteiger partial charge in [-0.3, -0.25) is 4.79 Å². The minimum atomic E-state index is -4.41. The van der Waals surface area contributed by atoms with Crippen LogP contribution in [0.25, 0.3) is 0 Å². The Hall–Kier alpha value is -1.90. The molecule has 0 aliphatic carbocycles. The van der Waals surface area contributed by atoms with E-state index < -0.39 is 17.6 Å². The van der Waals surface area contributed by atoms with Gasteiger partial charge in [0.25, 0.3) is 6.30 Å². The third kappa shape index (κ3) is 3.56. The Balaban J connectivity index is 2.12. The Morgan fingerprint density at radius 3 is 2.40 bits per heavy atom. The number of ketones is 1. The topological polar surface area (TPSA) is 47.8 Å². The molecule has 2 aromatic rings. The standard InChI is InChI=1S/C11H7F4N3OS/c12-10(18-6-16-5-17-18)9(19)7-1-3-8(4-2-7)20-11(13,14)15/h1-6,10H. The minimum absolute atomic E-state index is 0.0421. The predicted molar refractivity (Wildman–Crippen MR) is 62.9 cm³/mol. The van der Waals surface area contributed by atoms with E-state index in [1.165, 1.54) is 0 Å². The molecule has 0 fully saturated rings. The lowest BCUT2D eigenvalue weighted by Crippen LogP contribution is -2.15. The Morgan fingerprint density at radius 1 is 1.25 bits per heavy atom. The van der Waals surface area contributed by atoms with Gasteiger partial charge in [-0.05, 0) is 23.9 Å². The van der Waals surface area contributed by atoms with Crippen molar-refractivity contribution in [2.45, 2.75) is 16.7 Å². The summed E-state index contributed by atoms with van der Waals surface area (Å²) in [6.07, 6.45) is 0.0537. The number of aromatic nitrogens is 3. The largest absolute Gasteiger partial charge is 0.446 e. The first-order valence-electron chi connectivity index (χ1n) is 5.25. The van der Waals surface area contributed by atoms with Crippen LogP contribution in [0.3, 0.4) is 0 Å². The lowest BCUT2D eigenvalue weighted by Gasteiger charge is -2.08. The highest BCUT2D eigenvalue weighted by atomic mass is 32.2. The summed E-state index contributed by atoms with van der Waals surface area (Å²) < 4.78 is 50.9. The van der Waals surface area contributed by atoms with Gasteiger partial charge >= 0.3 is 5.51 Å². The van der Waals surface area contributed by atoms with E-state index in [1.807, 2.05) is 0 Å². The van der Waals surface area contributed by atoms with Crippen molar-refractivity contribution in [3.05, 3.63) is 42.5 Å². The molecule has 0 saturated carbocycles. The quantitative estimate of drug-likeness (QED) is 0.494. The van der Waals surface area contributed by atoms with Gasteiger partial charge in [0.2, 0.25) is 5.78 Å². The molecular weight excluding hydrogens is 298 g/mol. The number of rotatable bonds is 4. The summed E-state index contributed by atoms with van der Waals surface area (Å²) in [5.41, 5.74) is -4.45. The van der Waals surface area contributed by atoms with E-state index >= 15 is 0 Å². The SMILES string of the molecule is O=C(c1ccc(SC(F)(F)F)cc1)C(F)n1cncn1. The molecule has 0 N–H and O–H groups in total. The van der Waals surface area contributed by atoms with Gasteiger partial charge in [-0.1, -0.05) is 12.1 Å². The molecule has 0 aliphatic heterocycles. The Bertz CT molecular complexity index is 583. The first-order valence-corrected chi connectivity index (χ1v) is 6.07. The van der Waals surface area contributed by atoms with Crippen LogP contribution < -0.4 is 0 Å². The highest BCUT2D eigenvalue weighted by molar-refractivity contribution is 8.00. The van der Waals surface area contributed by atoms with Crippen molar-refractivity contribution in [3.8, 4) is 0 Å². The van der Waals surface area contributed by atoms with Gasteiger partial charge < -0.3 is 0 Å². The molecule has 0 spiro atoms. The van der Waals surface area contributed by atoms with Crippen molar-refractivity contribution in [1.29, 1.82) is 0 Å². The number of carbonyl (C=O) groups is 1. The van der Waals surface area contributed by atoms with Crippen molar-refractivity contribution in [1.82, 2.24) is 14.8 Å². The number of carbonyl (C=O) groups excluding carboxylic acids is 1. The molecule has 1 heterocycles. The molecule has 20 heavy (non-hydrogen) atoms. The summed E-state index contributed by atoms with van der Waals surface area (Å²) >= 11 is -0.305. The molecule has 1 aromatic carbocycles. The average molecular weight is 305 g/mol. The summed E-state index contributed by atoms with van der Waals surface area (Å²) in [5.74, 6) is -0.904. The number of hydrogen-bond donors (Lipinski definition) is 0. The van der Waals surface area contributed by atoms with Crippen LogP contribution in [-0.4, -0.2) is 26.1 Å². The van der Waals surface area contributed by atoms with E-state index in [0.717, 1.165) is 41.6 Å². The fourth-order valence-electron chi connectivity index (χ4n) is 1.41. The van der Waals surface area contributed by atoms with Crippen LogP contribution >= 0.6 is 11.8 Å². The number of nitrogens with zero attached hydrogens (tertiary/aromatic N) is 3. The van der Waals surface area contributed by atoms with Crippen LogP contribution in [0.5, 0.6) is 0 Å². The fourth-order valence-corrected chi connectivity index (χ4v) is 1.95. The van der Waals surface area contributed by atoms with Gasteiger partial charge in [-0.15, -0.1) is 0 Å². The molecule has 1 unspecified atom stereocenters. The summed E-state index contributed by atoms with van der Waals surface area (Å²) in [7, 11) is 0. The van der Waals surface area contributed by atoms with E-state index in [1.54, 1.807) is 0 Å². The highest BCUT2D eigenvalue weighted by Gasteiger charge is 2.29. The zero-order chi connectivity index (χ0) is 14.8.